The molecule has 0 N–H and O–H groups in total. The second-order valence-corrected chi connectivity index (χ2v) is 5.60. The fraction of sp³-hybridized carbons (Fsp3) is 1.00. The number of rotatable bonds is 5. The topological polar surface area (TPSA) is 0 Å². The van der Waals surface area contributed by atoms with Crippen molar-refractivity contribution in [3.63, 3.8) is 0 Å². The molecule has 0 saturated heterocycles. The van der Waals surface area contributed by atoms with E-state index >= 15 is 0 Å². The molecule has 0 aromatic rings. The molecular formula is C10H19BrClF. The lowest BCUT2D eigenvalue weighted by molar-refractivity contribution is 0.272. The minimum Gasteiger partial charge on any atom is -0.246 e. The first-order valence-corrected chi connectivity index (χ1v) is 6.12. The van der Waals surface area contributed by atoms with Crippen LogP contribution in [-0.2, 0) is 0 Å². The molecule has 0 aromatic carbocycles. The van der Waals surface area contributed by atoms with Gasteiger partial charge in [0.15, 0.2) is 0 Å². The summed E-state index contributed by atoms with van der Waals surface area (Å²) >= 11 is 9.79. The van der Waals surface area contributed by atoms with Crippen molar-refractivity contribution in [2.75, 3.05) is 0 Å². The lowest BCUT2D eigenvalue weighted by Gasteiger charge is -2.36. The highest BCUT2D eigenvalue weighted by atomic mass is 79.9. The molecule has 80 valence electrons. The maximum atomic E-state index is 13.1. The predicted octanol–water partition coefficient (Wildman–Crippen LogP) is 4.54. The molecule has 0 aromatic heterocycles. The van der Waals surface area contributed by atoms with Crippen LogP contribution in [0.2, 0.25) is 0 Å². The van der Waals surface area contributed by atoms with Gasteiger partial charge in [-0.2, -0.15) is 0 Å². The Labute approximate surface area is 94.4 Å². The number of alkyl halides is 3. The minimum atomic E-state index is -0.911. The third-order valence-corrected chi connectivity index (χ3v) is 5.12. The molecule has 0 spiro atoms. The third kappa shape index (κ3) is 3.39. The van der Waals surface area contributed by atoms with E-state index in [1.807, 2.05) is 13.8 Å². The maximum absolute atomic E-state index is 13.1. The Bertz CT molecular complexity index is 150. The van der Waals surface area contributed by atoms with Crippen LogP contribution in [0.5, 0.6) is 0 Å². The fourth-order valence-corrected chi connectivity index (χ4v) is 2.63. The fourth-order valence-electron chi connectivity index (χ4n) is 1.51. The summed E-state index contributed by atoms with van der Waals surface area (Å²) in [6.07, 6.45) is 0.916. The summed E-state index contributed by atoms with van der Waals surface area (Å²) in [6, 6.07) is 0. The highest BCUT2D eigenvalue weighted by Crippen LogP contribution is 2.40. The van der Waals surface area contributed by atoms with E-state index in [1.165, 1.54) is 0 Å². The molecule has 3 unspecified atom stereocenters. The predicted molar refractivity (Wildman–Crippen MR) is 61.6 cm³/mol. The molecule has 0 amide bonds. The maximum Gasteiger partial charge on any atom is 0.111 e. The zero-order valence-corrected chi connectivity index (χ0v) is 11.1. The van der Waals surface area contributed by atoms with Crippen molar-refractivity contribution < 1.29 is 4.39 Å². The second kappa shape index (κ2) is 5.55. The SMILES string of the molecule is CCCC(Cl)(C(C)C)C(Br)C(C)F. The number of halogens is 3. The van der Waals surface area contributed by atoms with Crippen LogP contribution in [0, 0.1) is 5.92 Å². The normalized spacial score (nSPS) is 21.2. The van der Waals surface area contributed by atoms with Gasteiger partial charge in [0.05, 0.1) is 9.70 Å². The molecule has 0 aliphatic carbocycles. The summed E-state index contributed by atoms with van der Waals surface area (Å²) < 4.78 is 13.1. The summed E-state index contributed by atoms with van der Waals surface area (Å²) in [4.78, 5) is -0.718. The Balaban J connectivity index is 4.57. The van der Waals surface area contributed by atoms with Gasteiger partial charge in [0.2, 0.25) is 0 Å². The van der Waals surface area contributed by atoms with Gasteiger partial charge in [0.25, 0.3) is 0 Å². The van der Waals surface area contributed by atoms with Crippen molar-refractivity contribution in [3.8, 4) is 0 Å². The van der Waals surface area contributed by atoms with Gasteiger partial charge < -0.3 is 0 Å². The van der Waals surface area contributed by atoms with Gasteiger partial charge in [-0.1, -0.05) is 43.1 Å². The summed E-state index contributed by atoms with van der Waals surface area (Å²) in [5, 5.41) is 0. The Morgan fingerprint density at radius 1 is 1.38 bits per heavy atom. The molecule has 0 aliphatic rings. The Morgan fingerprint density at radius 3 is 2.08 bits per heavy atom. The van der Waals surface area contributed by atoms with Gasteiger partial charge in [-0.15, -0.1) is 11.6 Å². The summed E-state index contributed by atoms with van der Waals surface area (Å²) in [7, 11) is 0. The lowest BCUT2D eigenvalue weighted by Crippen LogP contribution is -2.42. The Morgan fingerprint density at radius 2 is 1.85 bits per heavy atom. The first-order chi connectivity index (χ1) is 5.86. The smallest absolute Gasteiger partial charge is 0.111 e. The number of hydrogen-bond acceptors (Lipinski definition) is 0. The molecular weight excluding hydrogens is 254 g/mol. The van der Waals surface area contributed by atoms with Crippen molar-refractivity contribution in [1.82, 2.24) is 0 Å². The van der Waals surface area contributed by atoms with Gasteiger partial charge in [-0.25, -0.2) is 4.39 Å². The van der Waals surface area contributed by atoms with E-state index in [1.54, 1.807) is 6.92 Å². The third-order valence-electron chi connectivity index (χ3n) is 2.45. The summed E-state index contributed by atoms with van der Waals surface area (Å²) in [5.74, 6) is 0.275. The summed E-state index contributed by atoms with van der Waals surface area (Å²) in [5.41, 5.74) is 0. The van der Waals surface area contributed by atoms with Crippen molar-refractivity contribution in [2.45, 2.75) is 56.4 Å². The van der Waals surface area contributed by atoms with Gasteiger partial charge in [-0.05, 0) is 19.3 Å². The quantitative estimate of drug-likeness (QED) is 0.645. The standard InChI is InChI=1S/C10H19BrClF/c1-5-6-10(12,7(2)3)9(11)8(4)13/h7-9H,5-6H2,1-4H3. The van der Waals surface area contributed by atoms with Gasteiger partial charge in [0.1, 0.15) is 6.17 Å². The minimum absolute atomic E-state index is 0.262. The molecule has 0 radical (unpaired) electrons. The molecule has 13 heavy (non-hydrogen) atoms. The number of hydrogen-bond donors (Lipinski definition) is 0. The molecule has 0 saturated carbocycles. The van der Waals surface area contributed by atoms with Crippen LogP contribution in [0.3, 0.4) is 0 Å². The van der Waals surface area contributed by atoms with Crippen LogP contribution in [0.1, 0.15) is 40.5 Å². The lowest BCUT2D eigenvalue weighted by atomic mass is 9.86. The average molecular weight is 274 g/mol. The van der Waals surface area contributed by atoms with Gasteiger partial charge >= 0.3 is 0 Å². The van der Waals surface area contributed by atoms with E-state index in [9.17, 15) is 4.39 Å². The molecule has 0 aliphatic heterocycles. The molecule has 0 bridgehead atoms. The van der Waals surface area contributed by atoms with Crippen LogP contribution >= 0.6 is 27.5 Å². The van der Waals surface area contributed by atoms with E-state index < -0.39 is 11.0 Å². The van der Waals surface area contributed by atoms with E-state index in [4.69, 9.17) is 11.6 Å². The molecule has 0 fully saturated rings. The van der Waals surface area contributed by atoms with E-state index in [2.05, 4.69) is 22.9 Å². The van der Waals surface area contributed by atoms with E-state index in [0.29, 0.717) is 0 Å². The Kier molecular flexibility index (Phi) is 5.85. The van der Waals surface area contributed by atoms with Crippen LogP contribution in [-0.4, -0.2) is 15.9 Å². The van der Waals surface area contributed by atoms with Gasteiger partial charge in [-0.3, -0.25) is 0 Å². The molecule has 0 heterocycles. The van der Waals surface area contributed by atoms with Crippen molar-refractivity contribution in [3.05, 3.63) is 0 Å². The summed E-state index contributed by atoms with van der Waals surface area (Å²) in [6.45, 7) is 7.70. The van der Waals surface area contributed by atoms with Crippen molar-refractivity contribution >= 4 is 27.5 Å². The van der Waals surface area contributed by atoms with Crippen LogP contribution in [0.15, 0.2) is 0 Å². The average Bonchev–Trinajstić information content (AvgIpc) is 2.02. The molecule has 0 rings (SSSR count). The van der Waals surface area contributed by atoms with E-state index in [0.717, 1.165) is 12.8 Å². The van der Waals surface area contributed by atoms with E-state index in [-0.39, 0.29) is 10.7 Å². The van der Waals surface area contributed by atoms with Gasteiger partial charge in [0, 0.05) is 0 Å². The zero-order chi connectivity index (χ0) is 10.6. The first-order valence-electron chi connectivity index (χ1n) is 4.83. The monoisotopic (exact) mass is 272 g/mol. The second-order valence-electron chi connectivity index (χ2n) is 3.91. The highest BCUT2D eigenvalue weighted by Gasteiger charge is 2.40. The largest absolute Gasteiger partial charge is 0.246 e. The molecule has 3 atom stereocenters. The first kappa shape index (κ1) is 13.7. The van der Waals surface area contributed by atoms with Crippen LogP contribution < -0.4 is 0 Å². The van der Waals surface area contributed by atoms with Crippen molar-refractivity contribution in [2.24, 2.45) is 5.92 Å². The molecule has 0 nitrogen and oxygen atoms in total. The van der Waals surface area contributed by atoms with Crippen molar-refractivity contribution in [1.29, 1.82) is 0 Å². The Hall–Kier alpha value is 0.700. The van der Waals surface area contributed by atoms with Crippen LogP contribution in [0.4, 0.5) is 4.39 Å². The van der Waals surface area contributed by atoms with Crippen LogP contribution in [0.25, 0.3) is 0 Å². The highest BCUT2D eigenvalue weighted by molar-refractivity contribution is 9.09. The molecule has 3 heteroatoms. The zero-order valence-electron chi connectivity index (χ0n) is 8.78.